The number of thiophene rings is 1. The standard InChI is InChI=1S/C24H18N2O4S/c1-30-18-10-5-4-9-17(18)26-21(19-11-6-12-31-19)20(23(28)24(26)29)22(27)15-13-25-16-8-3-2-7-14(15)16/h2-13,21,25,27H,1H3/b22-20-. The van der Waals surface area contributed by atoms with Crippen LogP contribution in [0, 0.1) is 0 Å². The quantitative estimate of drug-likeness (QED) is 0.275. The summed E-state index contributed by atoms with van der Waals surface area (Å²) in [5, 5.41) is 13.9. The van der Waals surface area contributed by atoms with E-state index < -0.39 is 17.7 Å². The van der Waals surface area contributed by atoms with Crippen molar-refractivity contribution in [3.63, 3.8) is 0 Å². The van der Waals surface area contributed by atoms with Crippen LogP contribution in [0.3, 0.4) is 0 Å². The lowest BCUT2D eigenvalue weighted by Crippen LogP contribution is -2.29. The van der Waals surface area contributed by atoms with E-state index in [-0.39, 0.29) is 11.3 Å². The third-order valence-corrected chi connectivity index (χ3v) is 6.37. The number of aromatic nitrogens is 1. The Morgan fingerprint density at radius 2 is 1.84 bits per heavy atom. The zero-order valence-corrected chi connectivity index (χ0v) is 17.3. The first-order chi connectivity index (χ1) is 15.1. The Morgan fingerprint density at radius 1 is 1.06 bits per heavy atom. The van der Waals surface area contributed by atoms with Crippen LogP contribution in [0.5, 0.6) is 5.75 Å². The Kier molecular flexibility index (Phi) is 4.60. The molecule has 31 heavy (non-hydrogen) atoms. The summed E-state index contributed by atoms with van der Waals surface area (Å²) in [6.45, 7) is 0. The van der Waals surface area contributed by atoms with Crippen LogP contribution >= 0.6 is 11.3 Å². The molecule has 4 aromatic rings. The maximum absolute atomic E-state index is 13.2. The monoisotopic (exact) mass is 430 g/mol. The highest BCUT2D eigenvalue weighted by Crippen LogP contribution is 2.46. The van der Waals surface area contributed by atoms with Gasteiger partial charge in [0.25, 0.3) is 11.7 Å². The van der Waals surface area contributed by atoms with E-state index in [4.69, 9.17) is 4.74 Å². The van der Waals surface area contributed by atoms with E-state index in [2.05, 4.69) is 4.98 Å². The Hall–Kier alpha value is -3.84. The molecular formula is C24H18N2O4S. The summed E-state index contributed by atoms with van der Waals surface area (Å²) in [4.78, 5) is 31.7. The van der Waals surface area contributed by atoms with Gasteiger partial charge in [-0.1, -0.05) is 36.4 Å². The summed E-state index contributed by atoms with van der Waals surface area (Å²) < 4.78 is 5.45. The number of amides is 1. The summed E-state index contributed by atoms with van der Waals surface area (Å²) >= 11 is 1.42. The molecule has 0 radical (unpaired) electrons. The molecule has 0 aliphatic carbocycles. The van der Waals surface area contributed by atoms with Crippen LogP contribution < -0.4 is 9.64 Å². The molecule has 3 heterocycles. The number of aliphatic hydroxyl groups excluding tert-OH is 1. The van der Waals surface area contributed by atoms with E-state index in [1.807, 2.05) is 41.8 Å². The number of nitrogens with zero attached hydrogens (tertiary/aromatic N) is 1. The molecule has 0 saturated carbocycles. The molecular weight excluding hydrogens is 412 g/mol. The minimum atomic E-state index is -0.759. The van der Waals surface area contributed by atoms with Gasteiger partial charge in [-0.25, -0.2) is 0 Å². The number of nitrogens with one attached hydrogen (secondary N) is 1. The number of methoxy groups -OCH3 is 1. The lowest BCUT2D eigenvalue weighted by Gasteiger charge is -2.25. The van der Waals surface area contributed by atoms with Crippen molar-refractivity contribution in [3.8, 4) is 5.75 Å². The number of para-hydroxylation sites is 3. The van der Waals surface area contributed by atoms with Gasteiger partial charge in [-0.05, 0) is 29.6 Å². The van der Waals surface area contributed by atoms with E-state index in [0.717, 1.165) is 15.8 Å². The van der Waals surface area contributed by atoms with Crippen molar-refractivity contribution in [1.29, 1.82) is 0 Å². The molecule has 2 N–H and O–H groups in total. The zero-order valence-electron chi connectivity index (χ0n) is 16.5. The molecule has 7 heteroatoms. The molecule has 154 valence electrons. The fourth-order valence-corrected chi connectivity index (χ4v) is 4.86. The lowest BCUT2D eigenvalue weighted by atomic mass is 9.99. The number of carbonyl (C=O) groups excluding carboxylic acids is 2. The highest BCUT2D eigenvalue weighted by molar-refractivity contribution is 7.10. The lowest BCUT2D eigenvalue weighted by molar-refractivity contribution is -0.132. The van der Waals surface area contributed by atoms with Gasteiger partial charge in [-0.15, -0.1) is 11.3 Å². The topological polar surface area (TPSA) is 82.6 Å². The molecule has 1 amide bonds. The van der Waals surface area contributed by atoms with Gasteiger partial charge in [0.1, 0.15) is 17.6 Å². The molecule has 1 atom stereocenters. The van der Waals surface area contributed by atoms with Crippen LogP contribution in [0.2, 0.25) is 0 Å². The zero-order chi connectivity index (χ0) is 21.5. The minimum Gasteiger partial charge on any atom is -0.507 e. The number of rotatable bonds is 4. The minimum absolute atomic E-state index is 0.0584. The number of aliphatic hydroxyl groups is 1. The molecule has 2 aromatic heterocycles. The van der Waals surface area contributed by atoms with Gasteiger partial charge >= 0.3 is 0 Å². The van der Waals surface area contributed by atoms with Gasteiger partial charge in [0.15, 0.2) is 0 Å². The summed E-state index contributed by atoms with van der Waals surface area (Å²) in [5.74, 6) is -1.17. The van der Waals surface area contributed by atoms with Gasteiger partial charge in [0.05, 0.1) is 18.4 Å². The van der Waals surface area contributed by atoms with Crippen molar-refractivity contribution in [2.24, 2.45) is 0 Å². The highest BCUT2D eigenvalue weighted by Gasteiger charge is 2.48. The van der Waals surface area contributed by atoms with Gasteiger partial charge in [-0.3, -0.25) is 14.5 Å². The van der Waals surface area contributed by atoms with Crippen LogP contribution in [0.1, 0.15) is 16.5 Å². The molecule has 1 aliphatic rings. The number of fused-ring (bicyclic) bond motifs is 1. The SMILES string of the molecule is COc1ccccc1N1C(=O)C(=O)/C(=C(\O)c2c[nH]c3ccccc23)C1c1cccs1. The third kappa shape index (κ3) is 2.93. The van der Waals surface area contributed by atoms with E-state index in [1.165, 1.54) is 23.3 Å². The maximum atomic E-state index is 13.2. The number of ether oxygens (including phenoxy) is 1. The second-order valence-electron chi connectivity index (χ2n) is 7.10. The van der Waals surface area contributed by atoms with Crippen molar-refractivity contribution >= 4 is 45.4 Å². The van der Waals surface area contributed by atoms with Crippen molar-refractivity contribution < 1.29 is 19.4 Å². The molecule has 1 saturated heterocycles. The third-order valence-electron chi connectivity index (χ3n) is 5.45. The van der Waals surface area contributed by atoms with Crippen LogP contribution in [0.4, 0.5) is 5.69 Å². The first kappa shape index (κ1) is 19.1. The van der Waals surface area contributed by atoms with Crippen molar-refractivity contribution in [3.05, 3.63) is 88.3 Å². The van der Waals surface area contributed by atoms with E-state index in [1.54, 1.807) is 30.5 Å². The van der Waals surface area contributed by atoms with Gasteiger partial charge in [-0.2, -0.15) is 0 Å². The van der Waals surface area contributed by atoms with E-state index >= 15 is 0 Å². The summed E-state index contributed by atoms with van der Waals surface area (Å²) in [6, 6.07) is 17.5. The second-order valence-corrected chi connectivity index (χ2v) is 8.08. The largest absolute Gasteiger partial charge is 0.507 e. The Labute approximate surface area is 182 Å². The van der Waals surface area contributed by atoms with Gasteiger partial charge in [0.2, 0.25) is 0 Å². The van der Waals surface area contributed by atoms with Crippen molar-refractivity contribution in [2.45, 2.75) is 6.04 Å². The number of hydrogen-bond donors (Lipinski definition) is 2. The van der Waals surface area contributed by atoms with E-state index in [9.17, 15) is 14.7 Å². The number of Topliss-reactive ketones (excluding diaryl/α,β-unsaturated/α-hetero) is 1. The maximum Gasteiger partial charge on any atom is 0.300 e. The Morgan fingerprint density at radius 3 is 2.61 bits per heavy atom. The molecule has 1 aliphatic heterocycles. The fraction of sp³-hybridized carbons (Fsp3) is 0.0833. The van der Waals surface area contributed by atoms with Crippen molar-refractivity contribution in [1.82, 2.24) is 4.98 Å². The smallest absolute Gasteiger partial charge is 0.300 e. The average Bonchev–Trinajstić information content (AvgIpc) is 3.52. The molecule has 0 bridgehead atoms. The average molecular weight is 430 g/mol. The van der Waals surface area contributed by atoms with Crippen molar-refractivity contribution in [2.75, 3.05) is 12.0 Å². The van der Waals surface area contributed by atoms with Crippen LogP contribution in [-0.2, 0) is 9.59 Å². The number of anilines is 1. The first-order valence-electron chi connectivity index (χ1n) is 9.65. The summed E-state index contributed by atoms with van der Waals surface area (Å²) in [7, 11) is 1.52. The van der Waals surface area contributed by atoms with Crippen LogP contribution in [-0.4, -0.2) is 28.9 Å². The predicted molar refractivity (Wildman–Crippen MR) is 120 cm³/mol. The summed E-state index contributed by atoms with van der Waals surface area (Å²) in [6.07, 6.45) is 1.65. The molecule has 5 rings (SSSR count). The second kappa shape index (κ2) is 7.45. The highest BCUT2D eigenvalue weighted by atomic mass is 32.1. The predicted octanol–water partition coefficient (Wildman–Crippen LogP) is 4.86. The van der Waals surface area contributed by atoms with Gasteiger partial charge < -0.3 is 14.8 Å². The Bertz CT molecular complexity index is 1340. The molecule has 1 fully saturated rings. The Balaban J connectivity index is 1.76. The molecule has 0 spiro atoms. The molecule has 2 aromatic carbocycles. The fourth-order valence-electron chi connectivity index (χ4n) is 4.04. The number of benzene rings is 2. The number of H-pyrrole nitrogens is 1. The number of carbonyl (C=O) groups is 2. The van der Waals surface area contributed by atoms with Crippen LogP contribution in [0.15, 0.2) is 77.8 Å². The van der Waals surface area contributed by atoms with E-state index in [0.29, 0.717) is 17.0 Å². The molecule has 1 unspecified atom stereocenters. The van der Waals surface area contributed by atoms with Gasteiger partial charge in [0, 0.05) is 27.5 Å². The summed E-state index contributed by atoms with van der Waals surface area (Å²) in [5.41, 5.74) is 1.84. The van der Waals surface area contributed by atoms with Crippen LogP contribution in [0.25, 0.3) is 16.7 Å². The first-order valence-corrected chi connectivity index (χ1v) is 10.5. The number of aromatic amines is 1. The molecule has 6 nitrogen and oxygen atoms in total. The number of hydrogen-bond acceptors (Lipinski definition) is 5. The number of ketones is 1. The normalized spacial score (nSPS) is 18.1.